The average Bonchev–Trinajstić information content (AvgIpc) is 1.97. The number of rotatable bonds is 1. The lowest BCUT2D eigenvalue weighted by molar-refractivity contribution is -0.144. The first-order chi connectivity index (χ1) is 5.47. The minimum absolute atomic E-state index is 0.407. The Morgan fingerprint density at radius 2 is 2.42 bits per heavy atom. The quantitative estimate of drug-likeness (QED) is 0.708. The summed E-state index contributed by atoms with van der Waals surface area (Å²) in [5.41, 5.74) is -1.05. The van der Waals surface area contributed by atoms with E-state index in [9.17, 15) is 9.18 Å². The summed E-state index contributed by atoms with van der Waals surface area (Å²) in [5, 5.41) is 8.82. The van der Waals surface area contributed by atoms with E-state index in [2.05, 4.69) is 15.9 Å². The van der Waals surface area contributed by atoms with Gasteiger partial charge in [0.2, 0.25) is 0 Å². The van der Waals surface area contributed by atoms with Crippen molar-refractivity contribution in [2.75, 3.05) is 0 Å². The Bertz CT molecular complexity index is 272. The number of halogens is 2. The lowest BCUT2D eigenvalue weighted by Gasteiger charge is -2.26. The fourth-order valence-electron chi connectivity index (χ4n) is 0.902. The molecular formula is C8H8BrFO2. The van der Waals surface area contributed by atoms with Gasteiger partial charge in [0.1, 0.15) is 5.83 Å². The normalized spacial score (nSPS) is 34.6. The lowest BCUT2D eigenvalue weighted by Crippen LogP contribution is -2.34. The number of hydrogen-bond donors (Lipinski definition) is 1. The molecule has 2 unspecified atom stereocenters. The number of carboxylic acid groups (broad SMARTS) is 1. The van der Waals surface area contributed by atoms with E-state index < -0.39 is 22.0 Å². The third-order valence-corrected chi connectivity index (χ3v) is 3.14. The summed E-state index contributed by atoms with van der Waals surface area (Å²) in [5.74, 6) is -1.38. The molecule has 1 aliphatic rings. The van der Waals surface area contributed by atoms with Crippen molar-refractivity contribution in [2.24, 2.45) is 5.41 Å². The molecule has 0 amide bonds. The Balaban J connectivity index is 2.99. The van der Waals surface area contributed by atoms with E-state index in [1.165, 1.54) is 25.2 Å². The molecule has 66 valence electrons. The number of allylic oxidation sites excluding steroid dienone is 3. The van der Waals surface area contributed by atoms with Crippen molar-refractivity contribution in [3.05, 3.63) is 24.1 Å². The highest BCUT2D eigenvalue weighted by molar-refractivity contribution is 9.09. The van der Waals surface area contributed by atoms with Crippen LogP contribution in [0.3, 0.4) is 0 Å². The predicted octanol–water partition coefficient (Wildman–Crippen LogP) is 2.26. The minimum atomic E-state index is -1.05. The SMILES string of the molecule is CC1(C(=O)O)C=CC(F)=CC1Br. The molecule has 1 aliphatic carbocycles. The van der Waals surface area contributed by atoms with Crippen molar-refractivity contribution < 1.29 is 14.3 Å². The van der Waals surface area contributed by atoms with Crippen LogP contribution >= 0.6 is 15.9 Å². The highest BCUT2D eigenvalue weighted by Gasteiger charge is 2.38. The predicted molar refractivity (Wildman–Crippen MR) is 46.8 cm³/mol. The summed E-state index contributed by atoms with van der Waals surface area (Å²) >= 11 is 3.10. The van der Waals surface area contributed by atoms with Crippen LogP contribution in [0.5, 0.6) is 0 Å². The first kappa shape index (κ1) is 9.45. The van der Waals surface area contributed by atoms with Gasteiger partial charge in [0, 0.05) is 0 Å². The van der Waals surface area contributed by atoms with E-state index in [1.54, 1.807) is 0 Å². The standard InChI is InChI=1S/C8H8BrFO2/c1-8(7(11)12)3-2-5(10)4-6(8)9/h2-4,6H,1H3,(H,11,12). The number of carboxylic acids is 1. The summed E-state index contributed by atoms with van der Waals surface area (Å²) in [4.78, 5) is 10.3. The molecule has 0 saturated carbocycles. The third-order valence-electron chi connectivity index (χ3n) is 1.93. The summed E-state index contributed by atoms with van der Waals surface area (Å²) in [7, 11) is 0. The van der Waals surface area contributed by atoms with Gasteiger partial charge >= 0.3 is 5.97 Å². The van der Waals surface area contributed by atoms with Crippen molar-refractivity contribution in [2.45, 2.75) is 11.8 Å². The summed E-state index contributed by atoms with van der Waals surface area (Å²) < 4.78 is 12.6. The molecule has 2 nitrogen and oxygen atoms in total. The molecule has 0 radical (unpaired) electrons. The summed E-state index contributed by atoms with van der Waals surface area (Å²) in [6, 6.07) is 0. The van der Waals surface area contributed by atoms with Crippen LogP contribution in [0.25, 0.3) is 0 Å². The van der Waals surface area contributed by atoms with E-state index >= 15 is 0 Å². The Kier molecular flexibility index (Phi) is 2.37. The monoisotopic (exact) mass is 234 g/mol. The van der Waals surface area contributed by atoms with E-state index in [-0.39, 0.29) is 0 Å². The highest BCUT2D eigenvalue weighted by Crippen LogP contribution is 2.35. The van der Waals surface area contributed by atoms with Crippen LogP contribution in [0, 0.1) is 5.41 Å². The van der Waals surface area contributed by atoms with Crippen LogP contribution in [-0.4, -0.2) is 15.9 Å². The zero-order chi connectivity index (χ0) is 9.35. The van der Waals surface area contributed by atoms with Crippen LogP contribution in [0.15, 0.2) is 24.1 Å². The number of hydrogen-bond acceptors (Lipinski definition) is 1. The van der Waals surface area contributed by atoms with Crippen molar-refractivity contribution in [3.8, 4) is 0 Å². The van der Waals surface area contributed by atoms with Gasteiger partial charge in [-0.1, -0.05) is 22.0 Å². The second-order valence-corrected chi connectivity index (χ2v) is 3.86. The number of aliphatic carboxylic acids is 1. The molecule has 1 rings (SSSR count). The molecule has 0 aromatic heterocycles. The molecule has 0 bridgehead atoms. The first-order valence-corrected chi connectivity index (χ1v) is 4.32. The maximum Gasteiger partial charge on any atom is 0.314 e. The molecule has 0 spiro atoms. The molecule has 0 aromatic carbocycles. The van der Waals surface area contributed by atoms with Crippen molar-refractivity contribution in [1.29, 1.82) is 0 Å². The molecule has 2 atom stereocenters. The van der Waals surface area contributed by atoms with Crippen LogP contribution < -0.4 is 0 Å². The molecule has 1 N–H and O–H groups in total. The van der Waals surface area contributed by atoms with Gasteiger partial charge in [-0.3, -0.25) is 4.79 Å². The van der Waals surface area contributed by atoms with E-state index in [1.807, 2.05) is 0 Å². The van der Waals surface area contributed by atoms with Gasteiger partial charge in [0.15, 0.2) is 0 Å². The van der Waals surface area contributed by atoms with Gasteiger partial charge in [-0.2, -0.15) is 0 Å². The molecule has 0 heterocycles. The highest BCUT2D eigenvalue weighted by atomic mass is 79.9. The fraction of sp³-hybridized carbons (Fsp3) is 0.375. The maximum absolute atomic E-state index is 12.6. The molecule has 0 saturated heterocycles. The minimum Gasteiger partial charge on any atom is -0.481 e. The van der Waals surface area contributed by atoms with Crippen molar-refractivity contribution in [1.82, 2.24) is 0 Å². The van der Waals surface area contributed by atoms with Gasteiger partial charge < -0.3 is 5.11 Å². The Labute approximate surface area is 77.9 Å². The largest absolute Gasteiger partial charge is 0.481 e. The van der Waals surface area contributed by atoms with Gasteiger partial charge in [0.25, 0.3) is 0 Å². The molecule has 0 aliphatic heterocycles. The zero-order valence-corrected chi connectivity index (χ0v) is 8.01. The first-order valence-electron chi connectivity index (χ1n) is 3.41. The Morgan fingerprint density at radius 1 is 1.83 bits per heavy atom. The van der Waals surface area contributed by atoms with Gasteiger partial charge in [-0.05, 0) is 19.1 Å². The van der Waals surface area contributed by atoms with Crippen molar-refractivity contribution in [3.63, 3.8) is 0 Å². The van der Waals surface area contributed by atoms with E-state index in [0.717, 1.165) is 0 Å². The number of alkyl halides is 1. The Morgan fingerprint density at radius 3 is 2.83 bits per heavy atom. The van der Waals surface area contributed by atoms with E-state index in [4.69, 9.17) is 5.11 Å². The lowest BCUT2D eigenvalue weighted by atomic mass is 9.83. The molecular weight excluding hydrogens is 227 g/mol. The molecule has 0 aromatic rings. The fourth-order valence-corrected chi connectivity index (χ4v) is 1.50. The van der Waals surface area contributed by atoms with Crippen molar-refractivity contribution >= 4 is 21.9 Å². The summed E-state index contributed by atoms with van der Waals surface area (Å²) in [6.07, 6.45) is 3.77. The molecule has 0 fully saturated rings. The maximum atomic E-state index is 12.6. The van der Waals surface area contributed by atoms with Gasteiger partial charge in [-0.15, -0.1) is 0 Å². The second-order valence-electron chi connectivity index (χ2n) is 2.87. The van der Waals surface area contributed by atoms with Crippen LogP contribution in [0.1, 0.15) is 6.92 Å². The van der Waals surface area contributed by atoms with Gasteiger partial charge in [0.05, 0.1) is 10.2 Å². The molecule has 12 heavy (non-hydrogen) atoms. The zero-order valence-electron chi connectivity index (χ0n) is 6.42. The number of carbonyl (C=O) groups is 1. The summed E-state index contributed by atoms with van der Waals surface area (Å²) in [6.45, 7) is 1.54. The molecule has 4 heteroatoms. The van der Waals surface area contributed by atoms with Crippen LogP contribution in [-0.2, 0) is 4.79 Å². The third kappa shape index (κ3) is 1.43. The topological polar surface area (TPSA) is 37.3 Å². The van der Waals surface area contributed by atoms with E-state index in [0.29, 0.717) is 0 Å². The second kappa shape index (κ2) is 3.01. The van der Waals surface area contributed by atoms with Gasteiger partial charge in [-0.25, -0.2) is 4.39 Å². The van der Waals surface area contributed by atoms with Crippen LogP contribution in [0.2, 0.25) is 0 Å². The average molecular weight is 235 g/mol. The van der Waals surface area contributed by atoms with Crippen LogP contribution in [0.4, 0.5) is 4.39 Å². The smallest absolute Gasteiger partial charge is 0.314 e. The Hall–Kier alpha value is -0.640.